The van der Waals surface area contributed by atoms with Crippen LogP contribution in [0.3, 0.4) is 0 Å². The second kappa shape index (κ2) is 6.77. The summed E-state index contributed by atoms with van der Waals surface area (Å²) >= 11 is 1.47. The SMILES string of the molecule is Cc1ccc(-c2csc(C3=C(O)CN(Cc4ccccc4)C3=N)n2)cc1. The number of aryl methyl sites for hydroxylation is 1. The molecule has 0 spiro atoms. The second-order valence-electron chi connectivity index (χ2n) is 6.42. The molecular weight excluding hydrogens is 342 g/mol. The van der Waals surface area contributed by atoms with E-state index in [0.29, 0.717) is 29.5 Å². The maximum absolute atomic E-state index is 10.4. The van der Waals surface area contributed by atoms with Crippen LogP contribution < -0.4 is 0 Å². The van der Waals surface area contributed by atoms with Gasteiger partial charge in [-0.1, -0.05) is 60.2 Å². The molecule has 130 valence electrons. The van der Waals surface area contributed by atoms with E-state index in [9.17, 15) is 5.11 Å². The lowest BCUT2D eigenvalue weighted by molar-refractivity contribution is 0.347. The van der Waals surface area contributed by atoms with Crippen LogP contribution in [0.2, 0.25) is 0 Å². The first-order valence-electron chi connectivity index (χ1n) is 8.44. The Labute approximate surface area is 156 Å². The highest BCUT2D eigenvalue weighted by Gasteiger charge is 2.30. The number of nitrogens with zero attached hydrogens (tertiary/aromatic N) is 2. The average Bonchev–Trinajstić information content (AvgIpc) is 3.22. The third kappa shape index (κ3) is 3.13. The molecule has 0 saturated carbocycles. The van der Waals surface area contributed by atoms with Crippen LogP contribution in [0.1, 0.15) is 16.1 Å². The molecule has 0 aliphatic carbocycles. The molecular formula is C21H19N3OS. The maximum Gasteiger partial charge on any atom is 0.135 e. The largest absolute Gasteiger partial charge is 0.510 e. The number of benzene rings is 2. The summed E-state index contributed by atoms with van der Waals surface area (Å²) in [4.78, 5) is 6.54. The van der Waals surface area contributed by atoms with Crippen molar-refractivity contribution >= 4 is 22.7 Å². The van der Waals surface area contributed by atoms with Gasteiger partial charge in [0.15, 0.2) is 0 Å². The topological polar surface area (TPSA) is 60.2 Å². The molecule has 0 bridgehead atoms. The van der Waals surface area contributed by atoms with E-state index in [4.69, 9.17) is 5.41 Å². The molecule has 1 aromatic heterocycles. The lowest BCUT2D eigenvalue weighted by atomic mass is 10.1. The lowest BCUT2D eigenvalue weighted by Crippen LogP contribution is -2.25. The van der Waals surface area contributed by atoms with Gasteiger partial charge < -0.3 is 10.0 Å². The fourth-order valence-electron chi connectivity index (χ4n) is 3.04. The average molecular weight is 361 g/mol. The Balaban J connectivity index is 1.57. The fourth-order valence-corrected chi connectivity index (χ4v) is 3.94. The van der Waals surface area contributed by atoms with Crippen molar-refractivity contribution in [3.05, 3.63) is 81.9 Å². The Bertz CT molecular complexity index is 974. The molecule has 5 heteroatoms. The molecule has 4 nitrogen and oxygen atoms in total. The number of hydrogen-bond acceptors (Lipinski definition) is 4. The van der Waals surface area contributed by atoms with E-state index in [2.05, 4.69) is 24.0 Å². The normalized spacial score (nSPS) is 14.3. The third-order valence-corrected chi connectivity index (χ3v) is 5.32. The molecule has 4 rings (SSSR count). The first-order valence-corrected chi connectivity index (χ1v) is 9.32. The van der Waals surface area contributed by atoms with Crippen LogP contribution in [-0.4, -0.2) is 27.4 Å². The lowest BCUT2D eigenvalue weighted by Gasteiger charge is -2.18. The zero-order valence-corrected chi connectivity index (χ0v) is 15.3. The van der Waals surface area contributed by atoms with Crippen molar-refractivity contribution < 1.29 is 5.11 Å². The number of aromatic nitrogens is 1. The predicted molar refractivity (Wildman–Crippen MR) is 106 cm³/mol. The molecule has 0 unspecified atom stereocenters. The van der Waals surface area contributed by atoms with Gasteiger partial charge in [-0.15, -0.1) is 11.3 Å². The van der Waals surface area contributed by atoms with E-state index in [-0.39, 0.29) is 5.76 Å². The molecule has 2 heterocycles. The van der Waals surface area contributed by atoms with E-state index in [1.165, 1.54) is 16.9 Å². The zero-order valence-electron chi connectivity index (χ0n) is 14.4. The van der Waals surface area contributed by atoms with Crippen LogP contribution in [0.5, 0.6) is 0 Å². The van der Waals surface area contributed by atoms with Crippen molar-refractivity contribution in [1.82, 2.24) is 9.88 Å². The highest BCUT2D eigenvalue weighted by Crippen LogP contribution is 2.32. The van der Waals surface area contributed by atoms with Crippen LogP contribution in [0.15, 0.2) is 65.7 Å². The van der Waals surface area contributed by atoms with Gasteiger partial charge >= 0.3 is 0 Å². The molecule has 1 aliphatic heterocycles. The Kier molecular flexibility index (Phi) is 4.31. The summed E-state index contributed by atoms with van der Waals surface area (Å²) in [5.41, 5.74) is 4.79. The van der Waals surface area contributed by atoms with Gasteiger partial charge in [-0.2, -0.15) is 0 Å². The van der Waals surface area contributed by atoms with Gasteiger partial charge in [0.25, 0.3) is 0 Å². The minimum absolute atomic E-state index is 0.218. The standard InChI is InChI=1S/C21H19N3OS/c1-14-7-9-16(10-8-14)17-13-26-21(23-17)19-18(25)12-24(20(19)22)11-15-5-3-2-4-6-15/h2-10,13,22,25H,11-12H2,1H3. The highest BCUT2D eigenvalue weighted by molar-refractivity contribution is 7.11. The van der Waals surface area contributed by atoms with Gasteiger partial charge in [-0.05, 0) is 12.5 Å². The Hall–Kier alpha value is -2.92. The molecule has 0 saturated heterocycles. The number of rotatable bonds is 4. The molecule has 1 aliphatic rings. The minimum Gasteiger partial charge on any atom is -0.510 e. The first-order chi connectivity index (χ1) is 12.6. The van der Waals surface area contributed by atoms with Crippen LogP contribution in [-0.2, 0) is 6.54 Å². The molecule has 0 atom stereocenters. The van der Waals surface area contributed by atoms with Crippen molar-refractivity contribution in [3.8, 4) is 11.3 Å². The Morgan fingerprint density at radius 1 is 1.12 bits per heavy atom. The molecule has 3 aromatic rings. The predicted octanol–water partition coefficient (Wildman–Crippen LogP) is 4.88. The Morgan fingerprint density at radius 2 is 1.85 bits per heavy atom. The Morgan fingerprint density at radius 3 is 2.58 bits per heavy atom. The smallest absolute Gasteiger partial charge is 0.135 e. The van der Waals surface area contributed by atoms with Crippen LogP contribution in [0.4, 0.5) is 0 Å². The quantitative estimate of drug-likeness (QED) is 0.696. The van der Waals surface area contributed by atoms with Crippen molar-refractivity contribution in [2.24, 2.45) is 0 Å². The monoisotopic (exact) mass is 361 g/mol. The summed E-state index contributed by atoms with van der Waals surface area (Å²) < 4.78 is 0. The fraction of sp³-hybridized carbons (Fsp3) is 0.143. The zero-order chi connectivity index (χ0) is 18.1. The molecule has 2 aromatic carbocycles. The van der Waals surface area contributed by atoms with Crippen molar-refractivity contribution in [1.29, 1.82) is 5.41 Å². The van der Waals surface area contributed by atoms with Crippen molar-refractivity contribution in [3.63, 3.8) is 0 Å². The summed E-state index contributed by atoms with van der Waals surface area (Å²) in [6.07, 6.45) is 0. The summed E-state index contributed by atoms with van der Waals surface area (Å²) in [5, 5.41) is 21.6. The summed E-state index contributed by atoms with van der Waals surface area (Å²) in [5.74, 6) is 0.548. The third-order valence-electron chi connectivity index (χ3n) is 4.46. The van der Waals surface area contributed by atoms with E-state index in [1.807, 2.05) is 52.7 Å². The van der Waals surface area contributed by atoms with E-state index in [1.54, 1.807) is 0 Å². The molecule has 2 N–H and O–H groups in total. The highest BCUT2D eigenvalue weighted by atomic mass is 32.1. The van der Waals surface area contributed by atoms with Gasteiger partial charge in [0, 0.05) is 17.5 Å². The molecule has 26 heavy (non-hydrogen) atoms. The number of thiazole rings is 1. The molecule has 0 fully saturated rings. The van der Waals surface area contributed by atoms with Gasteiger partial charge in [0.2, 0.25) is 0 Å². The second-order valence-corrected chi connectivity index (χ2v) is 7.27. The number of nitrogens with one attached hydrogen (secondary N) is 1. The maximum atomic E-state index is 10.4. The van der Waals surface area contributed by atoms with Crippen LogP contribution in [0.25, 0.3) is 16.8 Å². The summed E-state index contributed by atoms with van der Waals surface area (Å²) in [6, 6.07) is 18.2. The van der Waals surface area contributed by atoms with E-state index in [0.717, 1.165) is 16.8 Å². The molecule has 0 amide bonds. The number of aliphatic hydroxyl groups excluding tert-OH is 1. The van der Waals surface area contributed by atoms with E-state index >= 15 is 0 Å². The van der Waals surface area contributed by atoms with Crippen LogP contribution in [0, 0.1) is 12.3 Å². The number of hydrogen-bond donors (Lipinski definition) is 2. The first kappa shape index (κ1) is 16.5. The van der Waals surface area contributed by atoms with Gasteiger partial charge in [-0.25, -0.2) is 4.98 Å². The minimum atomic E-state index is 0.218. The van der Waals surface area contributed by atoms with Crippen molar-refractivity contribution in [2.45, 2.75) is 13.5 Å². The van der Waals surface area contributed by atoms with E-state index < -0.39 is 0 Å². The molecule has 0 radical (unpaired) electrons. The van der Waals surface area contributed by atoms with Crippen molar-refractivity contribution in [2.75, 3.05) is 6.54 Å². The van der Waals surface area contributed by atoms with Gasteiger partial charge in [-0.3, -0.25) is 5.41 Å². The van der Waals surface area contributed by atoms with Gasteiger partial charge in [0.05, 0.1) is 17.8 Å². The number of amidine groups is 1. The van der Waals surface area contributed by atoms with Crippen LogP contribution >= 0.6 is 11.3 Å². The summed E-state index contributed by atoms with van der Waals surface area (Å²) in [6.45, 7) is 3.01. The van der Waals surface area contributed by atoms with Gasteiger partial charge in [0.1, 0.15) is 16.6 Å². The number of aliphatic hydroxyl groups is 1. The summed E-state index contributed by atoms with van der Waals surface area (Å²) in [7, 11) is 0.